The number of fused-ring (bicyclic) bond motifs is 1. The molecule has 0 spiro atoms. The van der Waals surface area contributed by atoms with Crippen molar-refractivity contribution in [1.29, 1.82) is 5.26 Å². The van der Waals surface area contributed by atoms with Crippen LogP contribution in [0.5, 0.6) is 0 Å². The van der Waals surface area contributed by atoms with Gasteiger partial charge in [-0.05, 0) is 49.1 Å². The van der Waals surface area contributed by atoms with Crippen molar-refractivity contribution >= 4 is 11.0 Å². The Morgan fingerprint density at radius 2 is 1.78 bits per heavy atom. The average molecular weight is 503 g/mol. The molecule has 186 valence electrons. The number of hydrogen-bond donors (Lipinski definition) is 0. The Morgan fingerprint density at radius 1 is 1.00 bits per heavy atom. The zero-order valence-corrected chi connectivity index (χ0v) is 18.9. The number of aromatic nitrogens is 4. The number of hydrogen-bond acceptors (Lipinski definition) is 4. The zero-order valence-electron chi connectivity index (χ0n) is 18.9. The Hall–Kier alpha value is -3.94. The summed E-state index contributed by atoms with van der Waals surface area (Å²) in [5.41, 5.74) is 0.275. The standard InChI is InChI=1S/C25H19F6N5/c1-15(24(26,27)28)5-4-6-16-8-9-20(34-13-16)22-19(12-32)18-11-17(25(29,30)31)14-35-23(18)36(22)21-7-2-3-10-33-21/h2-3,7-11,13-15H,4-6H2,1H3. The van der Waals surface area contributed by atoms with Crippen molar-refractivity contribution in [2.45, 2.75) is 38.5 Å². The van der Waals surface area contributed by atoms with Gasteiger partial charge in [0.05, 0.1) is 28.4 Å². The van der Waals surface area contributed by atoms with Crippen molar-refractivity contribution < 1.29 is 26.3 Å². The molecule has 0 radical (unpaired) electrons. The van der Waals surface area contributed by atoms with Crippen molar-refractivity contribution in [1.82, 2.24) is 19.5 Å². The van der Waals surface area contributed by atoms with E-state index >= 15 is 0 Å². The maximum atomic E-state index is 13.3. The van der Waals surface area contributed by atoms with Crippen LogP contribution < -0.4 is 0 Å². The van der Waals surface area contributed by atoms with Crippen molar-refractivity contribution in [3.8, 4) is 23.3 Å². The SMILES string of the molecule is CC(CCCc1ccc(-c2c(C#N)c3cc(C(F)(F)F)cnc3n2-c2ccccn2)nc1)C(F)(F)F. The minimum absolute atomic E-state index is 0.00000660. The van der Waals surface area contributed by atoms with E-state index in [0.717, 1.165) is 13.0 Å². The molecular weight excluding hydrogens is 484 g/mol. The Labute approximate surface area is 202 Å². The monoisotopic (exact) mass is 503 g/mol. The molecule has 1 atom stereocenters. The number of pyridine rings is 3. The maximum absolute atomic E-state index is 13.3. The topological polar surface area (TPSA) is 67.4 Å². The lowest BCUT2D eigenvalue weighted by Crippen LogP contribution is -2.19. The van der Waals surface area contributed by atoms with Gasteiger partial charge in [-0.15, -0.1) is 0 Å². The van der Waals surface area contributed by atoms with E-state index in [1.807, 2.05) is 6.07 Å². The molecule has 0 aliphatic carbocycles. The Balaban J connectivity index is 1.77. The van der Waals surface area contributed by atoms with Crippen LogP contribution in [0.1, 0.15) is 36.5 Å². The molecule has 0 amide bonds. The quantitative estimate of drug-likeness (QED) is 0.269. The Morgan fingerprint density at radius 3 is 2.36 bits per heavy atom. The van der Waals surface area contributed by atoms with E-state index in [2.05, 4.69) is 15.0 Å². The second-order valence-electron chi connectivity index (χ2n) is 8.34. The lowest BCUT2D eigenvalue weighted by molar-refractivity contribution is -0.171. The molecule has 4 heterocycles. The minimum atomic E-state index is -4.65. The van der Waals surface area contributed by atoms with E-state index in [-0.39, 0.29) is 34.4 Å². The van der Waals surface area contributed by atoms with Crippen LogP contribution in [0.25, 0.3) is 28.2 Å². The van der Waals surface area contributed by atoms with Gasteiger partial charge in [0.2, 0.25) is 0 Å². The van der Waals surface area contributed by atoms with Gasteiger partial charge in [0.25, 0.3) is 0 Å². The van der Waals surface area contributed by atoms with Gasteiger partial charge in [-0.25, -0.2) is 9.97 Å². The summed E-state index contributed by atoms with van der Waals surface area (Å²) in [4.78, 5) is 12.7. The van der Waals surface area contributed by atoms with Gasteiger partial charge in [-0.1, -0.05) is 19.1 Å². The second-order valence-corrected chi connectivity index (χ2v) is 8.34. The highest BCUT2D eigenvalue weighted by atomic mass is 19.4. The molecule has 36 heavy (non-hydrogen) atoms. The third-order valence-electron chi connectivity index (χ3n) is 5.85. The van der Waals surface area contributed by atoms with E-state index < -0.39 is 23.8 Å². The fourth-order valence-electron chi connectivity index (χ4n) is 3.87. The van der Waals surface area contributed by atoms with Crippen LogP contribution in [0.15, 0.2) is 55.0 Å². The third kappa shape index (κ3) is 5.03. The summed E-state index contributed by atoms with van der Waals surface area (Å²) >= 11 is 0. The normalized spacial score (nSPS) is 13.1. The molecule has 5 nitrogen and oxygen atoms in total. The van der Waals surface area contributed by atoms with Crippen LogP contribution in [-0.4, -0.2) is 25.7 Å². The van der Waals surface area contributed by atoms with Gasteiger partial charge < -0.3 is 0 Å². The summed E-state index contributed by atoms with van der Waals surface area (Å²) < 4.78 is 79.7. The molecule has 4 aromatic rings. The molecule has 4 rings (SSSR count). The summed E-state index contributed by atoms with van der Waals surface area (Å²) in [6.07, 6.45) is -4.54. The molecule has 0 N–H and O–H groups in total. The molecule has 0 aromatic carbocycles. The molecular formula is C25H19F6N5. The van der Waals surface area contributed by atoms with Gasteiger partial charge in [0.15, 0.2) is 0 Å². The Bertz CT molecular complexity index is 1400. The lowest BCUT2D eigenvalue weighted by atomic mass is 10.0. The number of nitriles is 1. The van der Waals surface area contributed by atoms with Gasteiger partial charge in [0.1, 0.15) is 17.5 Å². The number of alkyl halides is 6. The highest BCUT2D eigenvalue weighted by Crippen LogP contribution is 2.37. The molecule has 0 saturated carbocycles. The van der Waals surface area contributed by atoms with Gasteiger partial charge >= 0.3 is 12.4 Å². The molecule has 11 heteroatoms. The fraction of sp³-hybridized carbons (Fsp3) is 0.280. The zero-order chi connectivity index (χ0) is 26.1. The molecule has 0 fully saturated rings. The summed E-state index contributed by atoms with van der Waals surface area (Å²) in [5, 5.41) is 9.91. The highest BCUT2D eigenvalue weighted by molar-refractivity contribution is 5.93. The molecule has 4 aromatic heterocycles. The average Bonchev–Trinajstić information content (AvgIpc) is 3.17. The van der Waals surface area contributed by atoms with Gasteiger partial charge in [0, 0.05) is 24.0 Å². The van der Waals surface area contributed by atoms with E-state index in [1.54, 1.807) is 30.3 Å². The first-order chi connectivity index (χ1) is 17.0. The number of rotatable bonds is 6. The van der Waals surface area contributed by atoms with E-state index in [0.29, 0.717) is 30.4 Å². The third-order valence-corrected chi connectivity index (χ3v) is 5.85. The molecule has 0 bridgehead atoms. The van der Waals surface area contributed by atoms with Crippen molar-refractivity contribution in [2.75, 3.05) is 0 Å². The number of aryl methyl sites for hydroxylation is 1. The van der Waals surface area contributed by atoms with Crippen LogP contribution in [0, 0.1) is 17.2 Å². The number of nitrogens with zero attached hydrogens (tertiary/aromatic N) is 5. The van der Waals surface area contributed by atoms with Gasteiger partial charge in [-0.2, -0.15) is 31.6 Å². The molecule has 1 unspecified atom stereocenters. The first-order valence-corrected chi connectivity index (χ1v) is 11.0. The largest absolute Gasteiger partial charge is 0.417 e. The van der Waals surface area contributed by atoms with Crippen molar-refractivity contribution in [2.24, 2.45) is 5.92 Å². The van der Waals surface area contributed by atoms with Crippen LogP contribution in [-0.2, 0) is 12.6 Å². The molecule has 0 aliphatic heterocycles. The van der Waals surface area contributed by atoms with Crippen LogP contribution in [0.3, 0.4) is 0 Å². The Kier molecular flexibility index (Phi) is 6.71. The van der Waals surface area contributed by atoms with Crippen LogP contribution in [0.4, 0.5) is 26.3 Å². The summed E-state index contributed by atoms with van der Waals surface area (Å²) in [7, 11) is 0. The highest BCUT2D eigenvalue weighted by Gasteiger charge is 2.35. The fourth-order valence-corrected chi connectivity index (χ4v) is 3.87. The first-order valence-electron chi connectivity index (χ1n) is 11.0. The molecule has 0 saturated heterocycles. The van der Waals surface area contributed by atoms with Crippen molar-refractivity contribution in [3.05, 3.63) is 71.7 Å². The molecule has 0 aliphatic rings. The lowest BCUT2D eigenvalue weighted by Gasteiger charge is -2.15. The summed E-state index contributed by atoms with van der Waals surface area (Å²) in [6.45, 7) is 1.14. The summed E-state index contributed by atoms with van der Waals surface area (Å²) in [6, 6.07) is 11.1. The van der Waals surface area contributed by atoms with E-state index in [9.17, 15) is 31.6 Å². The van der Waals surface area contributed by atoms with Gasteiger partial charge in [-0.3, -0.25) is 9.55 Å². The van der Waals surface area contributed by atoms with Crippen LogP contribution >= 0.6 is 0 Å². The van der Waals surface area contributed by atoms with Crippen LogP contribution in [0.2, 0.25) is 0 Å². The second kappa shape index (κ2) is 9.60. The predicted molar refractivity (Wildman–Crippen MR) is 120 cm³/mol. The number of halogens is 6. The minimum Gasteiger partial charge on any atom is -0.275 e. The van der Waals surface area contributed by atoms with E-state index in [4.69, 9.17) is 0 Å². The summed E-state index contributed by atoms with van der Waals surface area (Å²) in [5.74, 6) is -1.08. The smallest absolute Gasteiger partial charge is 0.275 e. The van der Waals surface area contributed by atoms with E-state index in [1.165, 1.54) is 17.0 Å². The predicted octanol–water partition coefficient (Wildman–Crippen LogP) is 6.89. The first kappa shape index (κ1) is 25.2. The van der Waals surface area contributed by atoms with Crippen molar-refractivity contribution in [3.63, 3.8) is 0 Å². The maximum Gasteiger partial charge on any atom is 0.417 e.